The van der Waals surface area contributed by atoms with E-state index >= 15 is 0 Å². The second kappa shape index (κ2) is 2.22. The first-order chi connectivity index (χ1) is 6.48. The highest BCUT2D eigenvalue weighted by atomic mass is 16.2. The Morgan fingerprint density at radius 1 is 1.29 bits per heavy atom. The predicted molar refractivity (Wildman–Crippen MR) is 43.8 cm³/mol. The molecule has 0 radical (unpaired) electrons. The minimum Gasteiger partial charge on any atom is -0.370 e. The van der Waals surface area contributed by atoms with E-state index in [4.69, 9.17) is 5.73 Å². The summed E-state index contributed by atoms with van der Waals surface area (Å²) >= 11 is 0. The van der Waals surface area contributed by atoms with Gasteiger partial charge in [0.1, 0.15) is 0 Å². The summed E-state index contributed by atoms with van der Waals surface area (Å²) in [5, 5.41) is 4.14. The quantitative estimate of drug-likeness (QED) is 0.289. The van der Waals surface area contributed by atoms with Crippen molar-refractivity contribution in [2.75, 3.05) is 7.05 Å². The van der Waals surface area contributed by atoms with Crippen molar-refractivity contribution in [3.63, 3.8) is 0 Å². The monoisotopic (exact) mass is 197 g/mol. The van der Waals surface area contributed by atoms with Gasteiger partial charge in [-0.2, -0.15) is 0 Å². The first kappa shape index (κ1) is 8.48. The molecule has 1 atom stereocenters. The lowest BCUT2D eigenvalue weighted by molar-refractivity contribution is -0.137. The number of nitrogens with zero attached hydrogens (tertiary/aromatic N) is 2. The topological polar surface area (TPSA) is 117 Å². The molecule has 0 saturated carbocycles. The van der Waals surface area contributed by atoms with E-state index in [9.17, 15) is 14.4 Å². The van der Waals surface area contributed by atoms with E-state index in [1.807, 2.05) is 5.32 Å². The SMILES string of the molecule is CN1C(=O)NC(=O)C12N=C(N)NC2=O. The standard InChI is InChI=1S/C6H7N5O3/c1-11-5(14)9-3(13)6(11)2(12)8-4(7)10-6/h1H3,(H,9,13,14)(H3,7,8,10,12). The zero-order chi connectivity index (χ0) is 10.5. The predicted octanol–water partition coefficient (Wildman–Crippen LogP) is -2.69. The summed E-state index contributed by atoms with van der Waals surface area (Å²) in [4.78, 5) is 38.4. The van der Waals surface area contributed by atoms with Gasteiger partial charge in [0.15, 0.2) is 5.96 Å². The average molecular weight is 197 g/mol. The number of nitrogens with two attached hydrogens (primary N) is 1. The van der Waals surface area contributed by atoms with Gasteiger partial charge in [0.25, 0.3) is 17.5 Å². The minimum atomic E-state index is -1.85. The molecule has 14 heavy (non-hydrogen) atoms. The van der Waals surface area contributed by atoms with Crippen LogP contribution in [0.1, 0.15) is 0 Å². The fourth-order valence-corrected chi connectivity index (χ4v) is 1.41. The Balaban J connectivity index is 2.55. The smallest absolute Gasteiger partial charge is 0.326 e. The second-order valence-corrected chi connectivity index (χ2v) is 2.94. The highest BCUT2D eigenvalue weighted by Gasteiger charge is 2.60. The number of rotatable bonds is 0. The van der Waals surface area contributed by atoms with Crippen LogP contribution in [0.5, 0.6) is 0 Å². The molecule has 2 rings (SSSR count). The number of aliphatic imine (C=N–C) groups is 1. The zero-order valence-corrected chi connectivity index (χ0v) is 7.20. The Hall–Kier alpha value is -2.12. The summed E-state index contributed by atoms with van der Waals surface area (Å²) in [5.41, 5.74) is 3.40. The largest absolute Gasteiger partial charge is 0.370 e. The maximum absolute atomic E-state index is 11.4. The Morgan fingerprint density at radius 3 is 2.21 bits per heavy atom. The van der Waals surface area contributed by atoms with Crippen molar-refractivity contribution in [3.05, 3.63) is 0 Å². The Bertz CT molecular complexity index is 389. The van der Waals surface area contributed by atoms with Gasteiger partial charge in [-0.05, 0) is 0 Å². The van der Waals surface area contributed by atoms with Gasteiger partial charge in [-0.25, -0.2) is 9.79 Å². The number of imide groups is 1. The van der Waals surface area contributed by atoms with E-state index in [0.717, 1.165) is 4.90 Å². The van der Waals surface area contributed by atoms with Crippen LogP contribution >= 0.6 is 0 Å². The third kappa shape index (κ3) is 0.721. The summed E-state index contributed by atoms with van der Waals surface area (Å²) in [6.07, 6.45) is 0. The van der Waals surface area contributed by atoms with Gasteiger partial charge >= 0.3 is 6.03 Å². The van der Waals surface area contributed by atoms with Crippen LogP contribution in [0.25, 0.3) is 0 Å². The number of guanidine groups is 1. The van der Waals surface area contributed by atoms with Crippen LogP contribution in [0.15, 0.2) is 4.99 Å². The van der Waals surface area contributed by atoms with Crippen molar-refractivity contribution in [2.45, 2.75) is 5.66 Å². The van der Waals surface area contributed by atoms with Crippen molar-refractivity contribution in [2.24, 2.45) is 10.7 Å². The van der Waals surface area contributed by atoms with Gasteiger partial charge in [0.2, 0.25) is 0 Å². The van der Waals surface area contributed by atoms with Crippen molar-refractivity contribution >= 4 is 23.8 Å². The molecule has 1 unspecified atom stereocenters. The van der Waals surface area contributed by atoms with Crippen LogP contribution < -0.4 is 16.4 Å². The van der Waals surface area contributed by atoms with Crippen molar-refractivity contribution < 1.29 is 14.4 Å². The van der Waals surface area contributed by atoms with Gasteiger partial charge in [0, 0.05) is 7.05 Å². The average Bonchev–Trinajstić information content (AvgIpc) is 2.49. The molecule has 4 N–H and O–H groups in total. The lowest BCUT2D eigenvalue weighted by Crippen LogP contribution is -2.53. The molecule has 1 saturated heterocycles. The van der Waals surface area contributed by atoms with Crippen LogP contribution in [0.2, 0.25) is 0 Å². The van der Waals surface area contributed by atoms with Gasteiger partial charge in [0.05, 0.1) is 0 Å². The Morgan fingerprint density at radius 2 is 1.86 bits per heavy atom. The molecule has 1 spiro atoms. The first-order valence-electron chi connectivity index (χ1n) is 3.74. The molecule has 4 amide bonds. The fraction of sp³-hybridized carbons (Fsp3) is 0.333. The van der Waals surface area contributed by atoms with E-state index in [1.165, 1.54) is 7.05 Å². The van der Waals surface area contributed by atoms with Gasteiger partial charge in [-0.3, -0.25) is 25.1 Å². The summed E-state index contributed by atoms with van der Waals surface area (Å²) in [5.74, 6) is -1.68. The first-order valence-corrected chi connectivity index (χ1v) is 3.74. The number of carbonyl (C=O) groups excluding carboxylic acids is 3. The molecule has 0 aromatic rings. The third-order valence-electron chi connectivity index (χ3n) is 2.17. The molecule has 8 heteroatoms. The number of nitrogens with one attached hydrogen (secondary N) is 2. The summed E-state index contributed by atoms with van der Waals surface area (Å²) in [6, 6.07) is -0.677. The minimum absolute atomic E-state index is 0.174. The van der Waals surface area contributed by atoms with Crippen LogP contribution in [-0.2, 0) is 9.59 Å². The van der Waals surface area contributed by atoms with E-state index in [1.54, 1.807) is 0 Å². The van der Waals surface area contributed by atoms with Gasteiger partial charge in [-0.15, -0.1) is 0 Å². The Kier molecular flexibility index (Phi) is 1.34. The number of hydrogen-bond acceptors (Lipinski definition) is 5. The summed E-state index contributed by atoms with van der Waals surface area (Å²) in [7, 11) is 1.29. The van der Waals surface area contributed by atoms with E-state index in [0.29, 0.717) is 0 Å². The van der Waals surface area contributed by atoms with E-state index < -0.39 is 23.5 Å². The highest BCUT2D eigenvalue weighted by molar-refractivity contribution is 6.25. The molecule has 2 aliphatic rings. The molecule has 8 nitrogen and oxygen atoms in total. The summed E-state index contributed by atoms with van der Waals surface area (Å²) < 4.78 is 0. The normalized spacial score (nSPS) is 30.8. The highest BCUT2D eigenvalue weighted by Crippen LogP contribution is 2.24. The van der Waals surface area contributed by atoms with Crippen molar-refractivity contribution in [3.8, 4) is 0 Å². The molecule has 2 aliphatic heterocycles. The van der Waals surface area contributed by atoms with Gasteiger partial charge in [-0.1, -0.05) is 0 Å². The lowest BCUT2D eigenvalue weighted by Gasteiger charge is -2.21. The van der Waals surface area contributed by atoms with Crippen LogP contribution in [-0.4, -0.2) is 41.4 Å². The van der Waals surface area contributed by atoms with Crippen LogP contribution in [0.4, 0.5) is 4.79 Å². The number of carbonyl (C=O) groups is 3. The number of amides is 4. The zero-order valence-electron chi connectivity index (χ0n) is 7.20. The number of likely N-dealkylation sites (N-methyl/N-ethyl adjacent to an activating group) is 1. The number of hydrogen-bond donors (Lipinski definition) is 3. The Labute approximate surface area is 78.1 Å². The molecular formula is C6H7N5O3. The molecule has 1 fully saturated rings. The van der Waals surface area contributed by atoms with E-state index in [2.05, 4.69) is 10.3 Å². The molecule has 0 aliphatic carbocycles. The molecular weight excluding hydrogens is 190 g/mol. The van der Waals surface area contributed by atoms with Crippen LogP contribution in [0, 0.1) is 0 Å². The van der Waals surface area contributed by atoms with Crippen molar-refractivity contribution in [1.82, 2.24) is 15.5 Å². The molecule has 0 bridgehead atoms. The molecule has 2 heterocycles. The molecule has 0 aromatic heterocycles. The maximum atomic E-state index is 11.4. The van der Waals surface area contributed by atoms with Crippen molar-refractivity contribution in [1.29, 1.82) is 0 Å². The second-order valence-electron chi connectivity index (χ2n) is 2.94. The van der Waals surface area contributed by atoms with Gasteiger partial charge < -0.3 is 5.73 Å². The molecule has 74 valence electrons. The summed E-state index contributed by atoms with van der Waals surface area (Å²) in [6.45, 7) is 0. The maximum Gasteiger partial charge on any atom is 0.326 e. The lowest BCUT2D eigenvalue weighted by atomic mass is 10.1. The third-order valence-corrected chi connectivity index (χ3v) is 2.17. The molecule has 0 aromatic carbocycles. The fourth-order valence-electron chi connectivity index (χ4n) is 1.41. The number of urea groups is 1. The van der Waals surface area contributed by atoms with Crippen LogP contribution in [0.3, 0.4) is 0 Å². The van der Waals surface area contributed by atoms with E-state index in [-0.39, 0.29) is 5.96 Å².